The Morgan fingerprint density at radius 3 is 2.55 bits per heavy atom. The summed E-state index contributed by atoms with van der Waals surface area (Å²) in [5.74, 6) is 1.71. The van der Waals surface area contributed by atoms with E-state index in [9.17, 15) is 4.79 Å². The lowest BCUT2D eigenvalue weighted by atomic mass is 10.4. The average molecular weight is 292 g/mol. The minimum Gasteiger partial charge on any atom is -0.356 e. The molecule has 0 saturated carbocycles. The van der Waals surface area contributed by atoms with Crippen LogP contribution in [0.4, 0.5) is 5.82 Å². The van der Waals surface area contributed by atoms with Crippen molar-refractivity contribution in [3.8, 4) is 0 Å². The summed E-state index contributed by atoms with van der Waals surface area (Å²) in [7, 11) is 0. The van der Waals surface area contributed by atoms with Crippen molar-refractivity contribution in [1.82, 2.24) is 14.9 Å². The summed E-state index contributed by atoms with van der Waals surface area (Å²) < 4.78 is 0. The minimum absolute atomic E-state index is 0.230. The summed E-state index contributed by atoms with van der Waals surface area (Å²) in [5, 5.41) is 0.898. The Morgan fingerprint density at radius 1 is 1.10 bits per heavy atom. The van der Waals surface area contributed by atoms with Gasteiger partial charge in [0.15, 0.2) is 0 Å². The van der Waals surface area contributed by atoms with Gasteiger partial charge in [-0.3, -0.25) is 4.79 Å². The van der Waals surface area contributed by atoms with Crippen molar-refractivity contribution in [3.63, 3.8) is 0 Å². The van der Waals surface area contributed by atoms with Crippen LogP contribution in [-0.2, 0) is 4.79 Å². The van der Waals surface area contributed by atoms with E-state index in [0.29, 0.717) is 5.75 Å². The summed E-state index contributed by atoms with van der Waals surface area (Å²) in [4.78, 5) is 24.8. The molecule has 3 rings (SSSR count). The molecule has 0 N–H and O–H groups in total. The number of likely N-dealkylation sites (tertiary alicyclic amines) is 1. The van der Waals surface area contributed by atoms with E-state index in [1.807, 2.05) is 11.0 Å². The zero-order valence-electron chi connectivity index (χ0n) is 11.6. The highest BCUT2D eigenvalue weighted by Gasteiger charge is 2.18. The molecule has 0 radical (unpaired) electrons. The average Bonchev–Trinajstić information content (AvgIpc) is 3.17. The molecule has 1 aromatic heterocycles. The fourth-order valence-corrected chi connectivity index (χ4v) is 3.49. The molecule has 0 aliphatic carbocycles. The van der Waals surface area contributed by atoms with Crippen LogP contribution in [0, 0.1) is 0 Å². The maximum absolute atomic E-state index is 12.0. The van der Waals surface area contributed by atoms with Crippen LogP contribution in [0.2, 0.25) is 0 Å². The first-order valence-corrected chi connectivity index (χ1v) is 8.29. The van der Waals surface area contributed by atoms with Gasteiger partial charge in [0.1, 0.15) is 17.2 Å². The van der Waals surface area contributed by atoms with Crippen molar-refractivity contribution < 1.29 is 4.79 Å². The number of aromatic nitrogens is 2. The third-order valence-corrected chi connectivity index (χ3v) is 4.77. The Kier molecular flexibility index (Phi) is 4.40. The lowest BCUT2D eigenvalue weighted by Crippen LogP contribution is -2.29. The van der Waals surface area contributed by atoms with Gasteiger partial charge in [-0.15, -0.1) is 0 Å². The van der Waals surface area contributed by atoms with Crippen molar-refractivity contribution in [3.05, 3.63) is 12.4 Å². The zero-order chi connectivity index (χ0) is 13.8. The predicted molar refractivity (Wildman–Crippen MR) is 80.0 cm³/mol. The molecule has 20 heavy (non-hydrogen) atoms. The molecular formula is C14H20N4OS. The zero-order valence-corrected chi connectivity index (χ0v) is 12.4. The third-order valence-electron chi connectivity index (χ3n) is 3.86. The van der Waals surface area contributed by atoms with Crippen LogP contribution in [0.5, 0.6) is 0 Å². The Morgan fingerprint density at radius 2 is 1.80 bits per heavy atom. The molecule has 2 aliphatic heterocycles. The number of hydrogen-bond donors (Lipinski definition) is 0. The molecule has 0 spiro atoms. The SMILES string of the molecule is O=C(CSc1cc(N2CCCC2)ncn1)N1CCCC1. The second-order valence-corrected chi connectivity index (χ2v) is 6.28. The van der Waals surface area contributed by atoms with Crippen LogP contribution in [0.15, 0.2) is 17.4 Å². The van der Waals surface area contributed by atoms with Gasteiger partial charge in [0.25, 0.3) is 0 Å². The van der Waals surface area contributed by atoms with E-state index in [2.05, 4.69) is 14.9 Å². The summed E-state index contributed by atoms with van der Waals surface area (Å²) in [5.41, 5.74) is 0. The molecule has 2 fully saturated rings. The van der Waals surface area contributed by atoms with Gasteiger partial charge >= 0.3 is 0 Å². The van der Waals surface area contributed by atoms with Crippen LogP contribution in [0.25, 0.3) is 0 Å². The summed E-state index contributed by atoms with van der Waals surface area (Å²) in [6.07, 6.45) is 6.36. The highest BCUT2D eigenvalue weighted by atomic mass is 32.2. The molecule has 2 saturated heterocycles. The lowest BCUT2D eigenvalue weighted by molar-refractivity contribution is -0.127. The fraction of sp³-hybridized carbons (Fsp3) is 0.643. The third kappa shape index (κ3) is 3.23. The summed E-state index contributed by atoms with van der Waals surface area (Å²) in [6, 6.07) is 2.01. The molecule has 5 nitrogen and oxygen atoms in total. The van der Waals surface area contributed by atoms with Gasteiger partial charge in [-0.1, -0.05) is 11.8 Å². The normalized spacial score (nSPS) is 18.8. The van der Waals surface area contributed by atoms with E-state index in [1.165, 1.54) is 24.6 Å². The number of anilines is 1. The predicted octanol–water partition coefficient (Wildman–Crippen LogP) is 1.79. The Hall–Kier alpha value is -1.30. The maximum atomic E-state index is 12.0. The van der Waals surface area contributed by atoms with E-state index in [4.69, 9.17) is 0 Å². The first kappa shape index (κ1) is 13.7. The van der Waals surface area contributed by atoms with Gasteiger partial charge in [-0.05, 0) is 25.7 Å². The number of thioether (sulfide) groups is 1. The van der Waals surface area contributed by atoms with Gasteiger partial charge < -0.3 is 9.80 Å². The van der Waals surface area contributed by atoms with E-state index in [1.54, 1.807) is 6.33 Å². The van der Waals surface area contributed by atoms with Crippen molar-refractivity contribution in [2.24, 2.45) is 0 Å². The molecule has 0 bridgehead atoms. The van der Waals surface area contributed by atoms with Gasteiger partial charge in [-0.25, -0.2) is 9.97 Å². The van der Waals surface area contributed by atoms with Crippen LogP contribution >= 0.6 is 11.8 Å². The van der Waals surface area contributed by atoms with Crippen LogP contribution in [0.3, 0.4) is 0 Å². The highest BCUT2D eigenvalue weighted by Crippen LogP contribution is 2.23. The van der Waals surface area contributed by atoms with E-state index in [-0.39, 0.29) is 5.91 Å². The number of rotatable bonds is 4. The number of nitrogens with zero attached hydrogens (tertiary/aromatic N) is 4. The fourth-order valence-electron chi connectivity index (χ4n) is 2.72. The second kappa shape index (κ2) is 6.43. The number of carbonyl (C=O) groups is 1. The molecule has 0 atom stereocenters. The van der Waals surface area contributed by atoms with Crippen molar-refractivity contribution in [2.45, 2.75) is 30.7 Å². The highest BCUT2D eigenvalue weighted by molar-refractivity contribution is 7.99. The van der Waals surface area contributed by atoms with Gasteiger partial charge in [0.05, 0.1) is 5.75 Å². The number of amides is 1. The summed E-state index contributed by atoms with van der Waals surface area (Å²) >= 11 is 1.52. The molecule has 108 valence electrons. The maximum Gasteiger partial charge on any atom is 0.232 e. The largest absolute Gasteiger partial charge is 0.356 e. The number of carbonyl (C=O) groups excluding carboxylic acids is 1. The van der Waals surface area contributed by atoms with E-state index < -0.39 is 0 Å². The standard InChI is InChI=1S/C14H20N4OS/c19-14(18-7-3-4-8-18)10-20-13-9-12(15-11-16-13)17-5-1-2-6-17/h9,11H,1-8,10H2. The van der Waals surface area contributed by atoms with Crippen LogP contribution in [-0.4, -0.2) is 52.7 Å². The first-order chi connectivity index (χ1) is 9.83. The van der Waals surface area contributed by atoms with E-state index in [0.717, 1.165) is 49.9 Å². The lowest BCUT2D eigenvalue weighted by Gasteiger charge is -2.17. The Bertz CT molecular complexity index is 470. The van der Waals surface area contributed by atoms with Crippen LogP contribution in [0.1, 0.15) is 25.7 Å². The first-order valence-electron chi connectivity index (χ1n) is 7.30. The van der Waals surface area contributed by atoms with Crippen molar-refractivity contribution >= 4 is 23.5 Å². The second-order valence-electron chi connectivity index (χ2n) is 5.29. The quantitative estimate of drug-likeness (QED) is 0.625. The Balaban J connectivity index is 1.56. The molecule has 3 heterocycles. The molecule has 0 aromatic carbocycles. The minimum atomic E-state index is 0.230. The Labute approximate surface area is 123 Å². The van der Waals surface area contributed by atoms with Crippen LogP contribution < -0.4 is 4.90 Å². The molecule has 1 amide bonds. The molecular weight excluding hydrogens is 272 g/mol. The van der Waals surface area contributed by atoms with Crippen molar-refractivity contribution in [2.75, 3.05) is 36.8 Å². The molecule has 1 aromatic rings. The molecule has 0 unspecified atom stereocenters. The van der Waals surface area contributed by atoms with E-state index >= 15 is 0 Å². The number of hydrogen-bond acceptors (Lipinski definition) is 5. The molecule has 6 heteroatoms. The molecule has 2 aliphatic rings. The topological polar surface area (TPSA) is 49.3 Å². The van der Waals surface area contributed by atoms with Gasteiger partial charge in [0.2, 0.25) is 5.91 Å². The summed E-state index contributed by atoms with van der Waals surface area (Å²) in [6.45, 7) is 3.99. The monoisotopic (exact) mass is 292 g/mol. The van der Waals surface area contributed by atoms with Gasteiger partial charge in [0, 0.05) is 32.2 Å². The van der Waals surface area contributed by atoms with Crippen molar-refractivity contribution in [1.29, 1.82) is 0 Å². The smallest absolute Gasteiger partial charge is 0.232 e. The van der Waals surface area contributed by atoms with Gasteiger partial charge in [-0.2, -0.15) is 0 Å².